The zero-order valence-corrected chi connectivity index (χ0v) is 22.6. The molecule has 0 spiro atoms. The van der Waals surface area contributed by atoms with Crippen LogP contribution in [0.3, 0.4) is 0 Å². The Kier molecular flexibility index (Phi) is 9.92. The number of phenols is 1. The number of phenolic OH excluding ortho intramolecular Hbond substituents is 1. The van der Waals surface area contributed by atoms with Gasteiger partial charge in [-0.15, -0.1) is 0 Å². The van der Waals surface area contributed by atoms with Crippen LogP contribution in [0.1, 0.15) is 50.5 Å². The van der Waals surface area contributed by atoms with E-state index in [1.807, 2.05) is 0 Å². The molecule has 0 atom stereocenters. The van der Waals surface area contributed by atoms with E-state index in [0.717, 1.165) is 0 Å². The number of methoxy groups -OCH3 is 1. The van der Waals surface area contributed by atoms with E-state index >= 15 is 0 Å². The van der Waals surface area contributed by atoms with Gasteiger partial charge >= 0.3 is 17.9 Å². The number of hydrogen-bond acceptors (Lipinski definition) is 8. The number of carbonyl (C=O) groups is 4. The van der Waals surface area contributed by atoms with E-state index < -0.39 is 37.9 Å². The fourth-order valence-corrected chi connectivity index (χ4v) is 2.56. The number of esters is 3. The second-order valence-corrected chi connectivity index (χ2v) is 12.6. The van der Waals surface area contributed by atoms with Gasteiger partial charge in [0, 0.05) is 6.54 Å². The van der Waals surface area contributed by atoms with Crippen molar-refractivity contribution in [2.24, 2.45) is 5.41 Å². The third kappa shape index (κ3) is 8.62. The van der Waals surface area contributed by atoms with Crippen LogP contribution in [0.4, 0.5) is 0 Å². The Morgan fingerprint density at radius 2 is 1.42 bits per heavy atom. The van der Waals surface area contributed by atoms with Crippen molar-refractivity contribution >= 4 is 55.7 Å². The fraction of sp³-hybridized carbons (Fsp3) is 0.545. The second-order valence-electron chi connectivity index (χ2n) is 8.68. The molecule has 0 saturated carbocycles. The summed E-state index contributed by atoms with van der Waals surface area (Å²) >= 11 is 6.41. The molecule has 1 amide bonds. The van der Waals surface area contributed by atoms with Gasteiger partial charge in [0.2, 0.25) is 5.91 Å². The molecule has 0 unspecified atom stereocenters. The fourth-order valence-electron chi connectivity index (χ4n) is 2.33. The Morgan fingerprint density at radius 3 is 1.82 bits per heavy atom. The van der Waals surface area contributed by atoms with Crippen LogP contribution in [0.15, 0.2) is 18.2 Å². The predicted molar refractivity (Wildman–Crippen MR) is 127 cm³/mol. The SMILES string of the molecule is COC(=O)c1ccc(CNC(=O)C(C)(COC(=O)C(C)(C)Br)COC(=O)C(C)(C)Br)cc1O. The lowest BCUT2D eigenvalue weighted by molar-refractivity contribution is -0.159. The summed E-state index contributed by atoms with van der Waals surface area (Å²) in [5.74, 6) is -2.70. The first-order valence-corrected chi connectivity index (χ1v) is 11.5. The second kappa shape index (κ2) is 11.3. The van der Waals surface area contributed by atoms with E-state index in [1.54, 1.807) is 33.8 Å². The molecule has 0 radical (unpaired) electrons. The summed E-state index contributed by atoms with van der Waals surface area (Å²) in [5, 5.41) is 12.7. The highest BCUT2D eigenvalue weighted by molar-refractivity contribution is 9.10. The number of amides is 1. The zero-order valence-electron chi connectivity index (χ0n) is 19.4. The maximum atomic E-state index is 13.0. The van der Waals surface area contributed by atoms with Gasteiger partial charge in [0.15, 0.2) is 0 Å². The highest BCUT2D eigenvalue weighted by Gasteiger charge is 2.39. The largest absolute Gasteiger partial charge is 0.507 e. The van der Waals surface area contributed by atoms with Crippen LogP contribution in [0, 0.1) is 5.41 Å². The average Bonchev–Trinajstić information content (AvgIpc) is 2.72. The quantitative estimate of drug-likeness (QED) is 0.240. The molecule has 1 aromatic rings. The van der Waals surface area contributed by atoms with Crippen molar-refractivity contribution in [3.05, 3.63) is 29.3 Å². The van der Waals surface area contributed by atoms with E-state index in [2.05, 4.69) is 41.9 Å². The average molecular weight is 595 g/mol. The molecule has 0 aliphatic rings. The van der Waals surface area contributed by atoms with E-state index in [-0.39, 0.29) is 31.1 Å². The molecule has 0 saturated heterocycles. The van der Waals surface area contributed by atoms with Crippen molar-refractivity contribution < 1.29 is 38.5 Å². The topological polar surface area (TPSA) is 128 Å². The van der Waals surface area contributed by atoms with E-state index in [1.165, 1.54) is 26.2 Å². The summed E-state index contributed by atoms with van der Waals surface area (Å²) < 4.78 is 13.3. The van der Waals surface area contributed by atoms with E-state index in [4.69, 9.17) is 9.47 Å². The first-order chi connectivity index (χ1) is 15.0. The van der Waals surface area contributed by atoms with Gasteiger partial charge < -0.3 is 24.6 Å². The minimum absolute atomic E-state index is 0.000790. The third-order valence-electron chi connectivity index (χ3n) is 4.48. The van der Waals surface area contributed by atoms with E-state index in [0.29, 0.717) is 5.56 Å². The number of benzene rings is 1. The number of aromatic hydroxyl groups is 1. The lowest BCUT2D eigenvalue weighted by Crippen LogP contribution is -2.47. The number of carbonyl (C=O) groups excluding carboxylic acids is 4. The zero-order chi connectivity index (χ0) is 25.6. The Morgan fingerprint density at radius 1 is 0.939 bits per heavy atom. The normalized spacial score (nSPS) is 12.0. The number of halogens is 2. The van der Waals surface area contributed by atoms with Crippen molar-refractivity contribution in [3.63, 3.8) is 0 Å². The summed E-state index contributed by atoms with van der Waals surface area (Å²) in [6.45, 7) is 7.23. The Balaban J connectivity index is 2.98. The maximum absolute atomic E-state index is 13.0. The molecule has 2 N–H and O–H groups in total. The van der Waals surface area contributed by atoms with Gasteiger partial charge in [0.1, 0.15) is 38.6 Å². The molecular weight excluding hydrogens is 566 g/mol. The maximum Gasteiger partial charge on any atom is 0.341 e. The van der Waals surface area contributed by atoms with Crippen molar-refractivity contribution in [1.82, 2.24) is 5.32 Å². The molecule has 0 fully saturated rings. The monoisotopic (exact) mass is 593 g/mol. The highest BCUT2D eigenvalue weighted by Crippen LogP contribution is 2.25. The van der Waals surface area contributed by atoms with Gasteiger partial charge in [-0.1, -0.05) is 37.9 Å². The van der Waals surface area contributed by atoms with Crippen molar-refractivity contribution in [3.8, 4) is 5.75 Å². The number of nitrogens with one attached hydrogen (secondary N) is 1. The number of hydrogen-bond donors (Lipinski definition) is 2. The molecule has 1 rings (SSSR count). The molecule has 0 aromatic heterocycles. The van der Waals surface area contributed by atoms with Gasteiger partial charge in [-0.05, 0) is 52.3 Å². The molecule has 1 aromatic carbocycles. The summed E-state index contributed by atoms with van der Waals surface area (Å²) in [6, 6.07) is 4.25. The number of alkyl halides is 2. The van der Waals surface area contributed by atoms with Crippen molar-refractivity contribution in [1.29, 1.82) is 0 Å². The van der Waals surface area contributed by atoms with Crippen LogP contribution < -0.4 is 5.32 Å². The molecule has 9 nitrogen and oxygen atoms in total. The van der Waals surface area contributed by atoms with E-state index in [9.17, 15) is 24.3 Å². The summed E-state index contributed by atoms with van der Waals surface area (Å²) in [7, 11) is 1.20. The van der Waals surface area contributed by atoms with Crippen molar-refractivity contribution in [2.45, 2.75) is 49.8 Å². The Labute approximate surface area is 209 Å². The van der Waals surface area contributed by atoms with Crippen LogP contribution in [-0.4, -0.2) is 57.9 Å². The lowest BCUT2D eigenvalue weighted by Gasteiger charge is -2.29. The first-order valence-electron chi connectivity index (χ1n) is 9.92. The number of rotatable bonds is 10. The van der Waals surface area contributed by atoms with Crippen molar-refractivity contribution in [2.75, 3.05) is 20.3 Å². The van der Waals surface area contributed by atoms with Crippen LogP contribution in [-0.2, 0) is 35.1 Å². The number of ether oxygens (including phenoxy) is 3. The first kappa shape index (κ1) is 28.9. The van der Waals surface area contributed by atoms with Gasteiger partial charge in [-0.25, -0.2) is 4.79 Å². The standard InChI is InChI=1S/C22H29Br2NO8/c1-20(2,23)18(29)32-11-22(5,12-33-19(30)21(3,4)24)17(28)25-10-13-7-8-14(15(26)9-13)16(27)31-6/h7-9,26H,10-12H2,1-6H3,(H,25,28). The van der Waals surface area contributed by atoms with Crippen LogP contribution in [0.25, 0.3) is 0 Å². The minimum atomic E-state index is -1.39. The third-order valence-corrected chi connectivity index (χ3v) is 5.13. The molecule has 0 bridgehead atoms. The highest BCUT2D eigenvalue weighted by atomic mass is 79.9. The smallest absolute Gasteiger partial charge is 0.341 e. The minimum Gasteiger partial charge on any atom is -0.507 e. The summed E-state index contributed by atoms with van der Waals surface area (Å²) in [5.41, 5.74) is -0.894. The summed E-state index contributed by atoms with van der Waals surface area (Å²) in [6.07, 6.45) is 0. The molecule has 0 aliphatic carbocycles. The Hall–Kier alpha value is -2.14. The molecular formula is C22H29Br2NO8. The van der Waals surface area contributed by atoms with Gasteiger partial charge in [0.05, 0.1) is 7.11 Å². The molecule has 11 heteroatoms. The van der Waals surface area contributed by atoms with Crippen LogP contribution in [0.5, 0.6) is 5.75 Å². The molecule has 184 valence electrons. The van der Waals surface area contributed by atoms with Crippen LogP contribution >= 0.6 is 31.9 Å². The Bertz CT molecular complexity index is 873. The lowest BCUT2D eigenvalue weighted by atomic mass is 9.91. The molecule has 33 heavy (non-hydrogen) atoms. The molecule has 0 aliphatic heterocycles. The van der Waals surface area contributed by atoms with Gasteiger partial charge in [-0.3, -0.25) is 14.4 Å². The van der Waals surface area contributed by atoms with Crippen LogP contribution in [0.2, 0.25) is 0 Å². The van der Waals surface area contributed by atoms with Gasteiger partial charge in [-0.2, -0.15) is 0 Å². The predicted octanol–water partition coefficient (Wildman–Crippen LogP) is 3.23. The summed E-state index contributed by atoms with van der Waals surface area (Å²) in [4.78, 5) is 49.0. The van der Waals surface area contributed by atoms with Gasteiger partial charge in [0.25, 0.3) is 0 Å². The molecule has 0 heterocycles.